The van der Waals surface area contributed by atoms with Crippen LogP contribution in [0.4, 0.5) is 10.1 Å². The molecule has 0 spiro atoms. The molecule has 1 N–H and O–H groups in total. The van der Waals surface area contributed by atoms with E-state index in [0.717, 1.165) is 21.5 Å². The smallest absolute Gasteiger partial charge is 0.264 e. The van der Waals surface area contributed by atoms with Gasteiger partial charge in [0.15, 0.2) is 0 Å². The minimum absolute atomic E-state index is 0.0445. The number of carbonyl (C=O) groups excluding carboxylic acids is 1. The van der Waals surface area contributed by atoms with Gasteiger partial charge in [-0.15, -0.1) is 0 Å². The molecule has 0 aromatic heterocycles. The van der Waals surface area contributed by atoms with E-state index in [0.29, 0.717) is 0 Å². The van der Waals surface area contributed by atoms with Crippen molar-refractivity contribution in [2.45, 2.75) is 11.8 Å². The largest absolute Gasteiger partial charge is 0.271 e. The molecule has 0 bridgehead atoms. The Hall–Kier alpha value is -3.52. The van der Waals surface area contributed by atoms with Gasteiger partial charge in [-0.2, -0.15) is 5.10 Å². The highest BCUT2D eigenvalue weighted by Gasteiger charge is 2.29. The fourth-order valence-corrected chi connectivity index (χ4v) is 4.10. The Morgan fingerprint density at radius 1 is 1.00 bits per heavy atom. The molecule has 8 heteroatoms. The first-order valence-electron chi connectivity index (χ1n) is 9.09. The van der Waals surface area contributed by atoms with Gasteiger partial charge in [0.05, 0.1) is 16.8 Å². The van der Waals surface area contributed by atoms with Gasteiger partial charge >= 0.3 is 0 Å². The summed E-state index contributed by atoms with van der Waals surface area (Å²) in [5, 5.41) is 3.84. The lowest BCUT2D eigenvalue weighted by Gasteiger charge is -2.24. The fourth-order valence-electron chi connectivity index (χ4n) is 2.67. The molecule has 6 nitrogen and oxygen atoms in total. The minimum Gasteiger partial charge on any atom is -0.271 e. The summed E-state index contributed by atoms with van der Waals surface area (Å²) >= 11 is 0. The number of halogens is 1. The van der Waals surface area contributed by atoms with Crippen LogP contribution in [0.15, 0.2) is 88.9 Å². The molecule has 0 aliphatic carbocycles. The van der Waals surface area contributed by atoms with Crippen molar-refractivity contribution in [3.63, 3.8) is 0 Å². The summed E-state index contributed by atoms with van der Waals surface area (Å²) in [6.07, 6.45) is 1.43. The van der Waals surface area contributed by atoms with E-state index in [1.165, 1.54) is 36.5 Å². The van der Waals surface area contributed by atoms with Gasteiger partial charge in [0.25, 0.3) is 15.9 Å². The van der Waals surface area contributed by atoms with Gasteiger partial charge in [0, 0.05) is 0 Å². The monoisotopic (exact) mass is 425 g/mol. The zero-order valence-corrected chi connectivity index (χ0v) is 17.0. The predicted molar refractivity (Wildman–Crippen MR) is 114 cm³/mol. The Morgan fingerprint density at radius 2 is 1.63 bits per heavy atom. The van der Waals surface area contributed by atoms with Crippen LogP contribution in [0.5, 0.6) is 0 Å². The molecule has 0 saturated carbocycles. The maximum Gasteiger partial charge on any atom is 0.264 e. The van der Waals surface area contributed by atoms with Crippen molar-refractivity contribution >= 4 is 27.8 Å². The average molecular weight is 425 g/mol. The summed E-state index contributed by atoms with van der Waals surface area (Å²) in [6.45, 7) is 1.19. The second-order valence-corrected chi connectivity index (χ2v) is 8.34. The molecule has 3 aromatic rings. The molecule has 0 aliphatic heterocycles. The second-order valence-electron chi connectivity index (χ2n) is 6.48. The van der Waals surface area contributed by atoms with E-state index in [4.69, 9.17) is 0 Å². The first-order valence-corrected chi connectivity index (χ1v) is 10.5. The summed E-state index contributed by atoms with van der Waals surface area (Å²) in [4.78, 5) is 12.4. The number of sulfonamides is 1. The molecule has 3 rings (SSSR count). The van der Waals surface area contributed by atoms with Crippen molar-refractivity contribution in [2.75, 3.05) is 10.8 Å². The number of nitrogens with zero attached hydrogens (tertiary/aromatic N) is 2. The number of amides is 1. The SMILES string of the molecule is Cc1ccc(S(=O)(=O)N(CC(=O)N/N=C\c2ccccc2)c2ccccc2F)cc1. The Balaban J connectivity index is 1.87. The van der Waals surface area contributed by atoms with Crippen molar-refractivity contribution in [3.8, 4) is 0 Å². The number of carbonyl (C=O) groups is 1. The first-order chi connectivity index (χ1) is 14.4. The lowest BCUT2D eigenvalue weighted by atomic mass is 10.2. The van der Waals surface area contributed by atoms with Crippen LogP contribution in [0.1, 0.15) is 11.1 Å². The van der Waals surface area contributed by atoms with E-state index in [-0.39, 0.29) is 10.6 Å². The fraction of sp³-hybridized carbons (Fsp3) is 0.0909. The van der Waals surface area contributed by atoms with Crippen LogP contribution in [-0.2, 0) is 14.8 Å². The van der Waals surface area contributed by atoms with E-state index in [1.54, 1.807) is 24.3 Å². The number of anilines is 1. The molecule has 3 aromatic carbocycles. The Labute approximate surface area is 174 Å². The maximum absolute atomic E-state index is 14.4. The van der Waals surface area contributed by atoms with E-state index in [2.05, 4.69) is 10.5 Å². The van der Waals surface area contributed by atoms with Gasteiger partial charge in [0.2, 0.25) is 0 Å². The molecule has 0 aliphatic rings. The van der Waals surface area contributed by atoms with Gasteiger partial charge in [-0.25, -0.2) is 18.2 Å². The second kappa shape index (κ2) is 9.32. The van der Waals surface area contributed by atoms with Crippen LogP contribution in [0, 0.1) is 12.7 Å². The lowest BCUT2D eigenvalue weighted by molar-refractivity contribution is -0.119. The third-order valence-electron chi connectivity index (χ3n) is 4.22. The standard InChI is InChI=1S/C22H20FN3O3S/c1-17-11-13-19(14-12-17)30(28,29)26(21-10-6-5-9-20(21)23)16-22(27)25-24-15-18-7-3-2-4-8-18/h2-15H,16H2,1H3,(H,25,27)/b24-15-. The molecule has 0 atom stereocenters. The topological polar surface area (TPSA) is 78.8 Å². The van der Waals surface area contributed by atoms with Crippen LogP contribution >= 0.6 is 0 Å². The first kappa shape index (κ1) is 21.2. The highest BCUT2D eigenvalue weighted by molar-refractivity contribution is 7.92. The van der Waals surface area contributed by atoms with E-state index in [1.807, 2.05) is 25.1 Å². The van der Waals surface area contributed by atoms with E-state index in [9.17, 15) is 17.6 Å². The number of hydrazone groups is 1. The normalized spacial score (nSPS) is 11.4. The van der Waals surface area contributed by atoms with Crippen LogP contribution in [0.2, 0.25) is 0 Å². The number of hydrogen-bond acceptors (Lipinski definition) is 4. The lowest BCUT2D eigenvalue weighted by Crippen LogP contribution is -2.40. The van der Waals surface area contributed by atoms with Crippen molar-refractivity contribution < 1.29 is 17.6 Å². The quantitative estimate of drug-likeness (QED) is 0.465. The van der Waals surface area contributed by atoms with E-state index >= 15 is 0 Å². The number of rotatable bonds is 7. The molecule has 0 radical (unpaired) electrons. The summed E-state index contributed by atoms with van der Waals surface area (Å²) in [6, 6.07) is 20.6. The Bertz CT molecular complexity index is 1150. The van der Waals surface area contributed by atoms with E-state index < -0.39 is 28.3 Å². The van der Waals surface area contributed by atoms with Crippen LogP contribution < -0.4 is 9.73 Å². The zero-order valence-electron chi connectivity index (χ0n) is 16.2. The molecular weight excluding hydrogens is 405 g/mol. The average Bonchev–Trinajstić information content (AvgIpc) is 2.74. The number of nitrogens with one attached hydrogen (secondary N) is 1. The highest BCUT2D eigenvalue weighted by atomic mass is 32.2. The molecule has 1 amide bonds. The van der Waals surface area contributed by atoms with Crippen molar-refractivity contribution in [1.82, 2.24) is 5.43 Å². The van der Waals surface area contributed by atoms with Gasteiger partial charge in [-0.05, 0) is 36.8 Å². The molecule has 0 unspecified atom stereocenters. The number of hydrogen-bond donors (Lipinski definition) is 1. The van der Waals surface area contributed by atoms with Gasteiger partial charge in [-0.1, -0.05) is 60.2 Å². The molecule has 30 heavy (non-hydrogen) atoms. The summed E-state index contributed by atoms with van der Waals surface area (Å²) in [5.74, 6) is -1.46. The Kier molecular flexibility index (Phi) is 6.58. The van der Waals surface area contributed by atoms with Gasteiger partial charge in [-0.3, -0.25) is 9.10 Å². The van der Waals surface area contributed by atoms with Crippen LogP contribution in [0.25, 0.3) is 0 Å². The number of benzene rings is 3. The van der Waals surface area contributed by atoms with Crippen molar-refractivity contribution in [3.05, 3.63) is 95.8 Å². The third-order valence-corrected chi connectivity index (χ3v) is 5.99. The molecule has 154 valence electrons. The van der Waals surface area contributed by atoms with Crippen LogP contribution in [0.3, 0.4) is 0 Å². The Morgan fingerprint density at radius 3 is 2.30 bits per heavy atom. The molecule has 0 heterocycles. The maximum atomic E-state index is 14.4. The highest BCUT2D eigenvalue weighted by Crippen LogP contribution is 2.26. The summed E-state index contributed by atoms with van der Waals surface area (Å²) in [7, 11) is -4.19. The summed E-state index contributed by atoms with van der Waals surface area (Å²) in [5.41, 5.74) is 3.70. The zero-order chi connectivity index (χ0) is 21.6. The minimum atomic E-state index is -4.19. The van der Waals surface area contributed by atoms with Gasteiger partial charge in [0.1, 0.15) is 12.4 Å². The van der Waals surface area contributed by atoms with Crippen molar-refractivity contribution in [2.24, 2.45) is 5.10 Å². The third kappa shape index (κ3) is 5.09. The number of aryl methyl sites for hydroxylation is 1. The number of para-hydroxylation sites is 1. The van der Waals surface area contributed by atoms with Crippen molar-refractivity contribution in [1.29, 1.82) is 0 Å². The summed E-state index contributed by atoms with van der Waals surface area (Å²) < 4.78 is 41.5. The molecule has 0 fully saturated rings. The molecular formula is C22H20FN3O3S. The predicted octanol–water partition coefficient (Wildman–Crippen LogP) is 3.48. The van der Waals surface area contributed by atoms with Gasteiger partial charge < -0.3 is 0 Å². The van der Waals surface area contributed by atoms with Crippen LogP contribution in [-0.4, -0.2) is 27.1 Å². The molecule has 0 saturated heterocycles.